The van der Waals surface area contributed by atoms with E-state index in [9.17, 15) is 21.6 Å². The fourth-order valence-corrected chi connectivity index (χ4v) is 2.60. The fourth-order valence-electron chi connectivity index (χ4n) is 1.83. The van der Waals surface area contributed by atoms with Crippen molar-refractivity contribution in [2.45, 2.75) is 30.2 Å². The van der Waals surface area contributed by atoms with Crippen LogP contribution in [0, 0.1) is 5.92 Å². The molecular weight excluding hydrogens is 305 g/mol. The number of hydrogen-bond acceptors (Lipinski definition) is 4. The van der Waals surface area contributed by atoms with Gasteiger partial charge in [0.1, 0.15) is 0 Å². The van der Waals surface area contributed by atoms with Gasteiger partial charge < -0.3 is 11.1 Å². The minimum Gasteiger partial charge on any atom is -0.385 e. The quantitative estimate of drug-likeness (QED) is 0.809. The largest absolute Gasteiger partial charge is 0.501 e. The van der Waals surface area contributed by atoms with Crippen LogP contribution in [0.15, 0.2) is 29.2 Å². The predicted molar refractivity (Wildman–Crippen MR) is 75.6 cm³/mol. The van der Waals surface area contributed by atoms with E-state index in [1.54, 1.807) is 0 Å². The van der Waals surface area contributed by atoms with Gasteiger partial charge in [-0.2, -0.15) is 13.2 Å². The Morgan fingerprint density at radius 1 is 1.24 bits per heavy atom. The first-order chi connectivity index (χ1) is 9.72. The van der Waals surface area contributed by atoms with Crippen molar-refractivity contribution in [2.24, 2.45) is 11.7 Å². The Bertz CT molecular complexity index is 542. The molecule has 0 saturated carbocycles. The van der Waals surface area contributed by atoms with E-state index in [0.717, 1.165) is 25.0 Å². The van der Waals surface area contributed by atoms with Gasteiger partial charge in [-0.25, -0.2) is 8.42 Å². The van der Waals surface area contributed by atoms with Gasteiger partial charge in [0.2, 0.25) is 0 Å². The molecule has 0 bridgehead atoms. The molecule has 0 aliphatic carbocycles. The summed E-state index contributed by atoms with van der Waals surface area (Å²) in [6, 6.07) is 4.56. The van der Waals surface area contributed by atoms with Crippen molar-refractivity contribution in [1.82, 2.24) is 0 Å². The summed E-state index contributed by atoms with van der Waals surface area (Å²) in [6.07, 6.45) is 1.79. The second-order valence-corrected chi connectivity index (χ2v) is 6.65. The van der Waals surface area contributed by atoms with Crippen LogP contribution < -0.4 is 11.1 Å². The lowest BCUT2D eigenvalue weighted by Crippen LogP contribution is -2.23. The van der Waals surface area contributed by atoms with Gasteiger partial charge in [0.05, 0.1) is 4.90 Å². The highest BCUT2D eigenvalue weighted by atomic mass is 32.2. The van der Waals surface area contributed by atoms with E-state index in [2.05, 4.69) is 5.32 Å². The summed E-state index contributed by atoms with van der Waals surface area (Å²) >= 11 is 0. The Balaban J connectivity index is 2.75. The molecule has 21 heavy (non-hydrogen) atoms. The van der Waals surface area contributed by atoms with Crippen LogP contribution in [0.4, 0.5) is 18.9 Å². The molecule has 0 aliphatic rings. The monoisotopic (exact) mass is 324 g/mol. The first-order valence-electron chi connectivity index (χ1n) is 6.57. The van der Waals surface area contributed by atoms with E-state index in [0.29, 0.717) is 24.7 Å². The molecule has 1 rings (SSSR count). The van der Waals surface area contributed by atoms with Gasteiger partial charge in [-0.1, -0.05) is 13.3 Å². The number of anilines is 1. The fraction of sp³-hybridized carbons (Fsp3) is 0.538. The molecule has 1 aromatic carbocycles. The average molecular weight is 324 g/mol. The SMILES string of the molecule is CCC(CCN)CNc1ccc(S(=O)(=O)C(F)(F)F)cc1. The Morgan fingerprint density at radius 2 is 1.81 bits per heavy atom. The van der Waals surface area contributed by atoms with Gasteiger partial charge in [-0.05, 0) is 43.1 Å². The van der Waals surface area contributed by atoms with Crippen LogP contribution in [-0.4, -0.2) is 27.0 Å². The predicted octanol–water partition coefficient (Wildman–Crippen LogP) is 2.77. The van der Waals surface area contributed by atoms with Crippen molar-refractivity contribution in [3.63, 3.8) is 0 Å². The number of alkyl halides is 3. The molecule has 0 aliphatic heterocycles. The van der Waals surface area contributed by atoms with E-state index < -0.39 is 20.2 Å². The van der Waals surface area contributed by atoms with Crippen molar-refractivity contribution in [3.8, 4) is 0 Å². The van der Waals surface area contributed by atoms with Gasteiger partial charge in [0, 0.05) is 12.2 Å². The van der Waals surface area contributed by atoms with E-state index in [1.807, 2.05) is 6.92 Å². The molecule has 0 spiro atoms. The van der Waals surface area contributed by atoms with E-state index in [4.69, 9.17) is 5.73 Å². The molecular formula is C13H19F3N2O2S. The van der Waals surface area contributed by atoms with Crippen molar-refractivity contribution >= 4 is 15.5 Å². The number of rotatable bonds is 7. The number of halogens is 3. The van der Waals surface area contributed by atoms with Crippen LogP contribution in [0.2, 0.25) is 0 Å². The highest BCUT2D eigenvalue weighted by Gasteiger charge is 2.46. The molecule has 0 saturated heterocycles. The Hall–Kier alpha value is -1.28. The molecule has 1 unspecified atom stereocenters. The Kier molecular flexibility index (Phi) is 6.03. The summed E-state index contributed by atoms with van der Waals surface area (Å²) in [5, 5.41) is 3.07. The molecule has 8 heteroatoms. The van der Waals surface area contributed by atoms with Crippen molar-refractivity contribution in [2.75, 3.05) is 18.4 Å². The van der Waals surface area contributed by atoms with Crippen molar-refractivity contribution in [3.05, 3.63) is 24.3 Å². The van der Waals surface area contributed by atoms with Crippen molar-refractivity contribution < 1.29 is 21.6 Å². The lowest BCUT2D eigenvalue weighted by molar-refractivity contribution is -0.0436. The molecule has 1 atom stereocenters. The van der Waals surface area contributed by atoms with E-state index in [1.165, 1.54) is 12.1 Å². The topological polar surface area (TPSA) is 72.2 Å². The van der Waals surface area contributed by atoms with Gasteiger partial charge in [-0.15, -0.1) is 0 Å². The standard InChI is InChI=1S/C13H19F3N2O2S/c1-2-10(7-8-17)9-18-11-3-5-12(6-4-11)21(19,20)13(14,15)16/h3-6,10,18H,2,7-9,17H2,1H3. The highest BCUT2D eigenvalue weighted by Crippen LogP contribution is 2.30. The van der Waals surface area contributed by atoms with Gasteiger partial charge in [-0.3, -0.25) is 0 Å². The number of nitrogens with two attached hydrogens (primary N) is 1. The van der Waals surface area contributed by atoms with Gasteiger partial charge in [0.15, 0.2) is 0 Å². The van der Waals surface area contributed by atoms with Crippen LogP contribution in [0.3, 0.4) is 0 Å². The van der Waals surface area contributed by atoms with Crippen LogP contribution in [-0.2, 0) is 9.84 Å². The maximum atomic E-state index is 12.4. The number of benzene rings is 1. The lowest BCUT2D eigenvalue weighted by Gasteiger charge is -2.16. The van der Waals surface area contributed by atoms with Crippen LogP contribution in [0.1, 0.15) is 19.8 Å². The summed E-state index contributed by atoms with van der Waals surface area (Å²) in [7, 11) is -5.28. The molecule has 0 fully saturated rings. The lowest BCUT2D eigenvalue weighted by atomic mass is 10.0. The number of nitrogens with one attached hydrogen (secondary N) is 1. The molecule has 120 valence electrons. The van der Waals surface area contributed by atoms with Crippen LogP contribution in [0.25, 0.3) is 0 Å². The summed E-state index contributed by atoms with van der Waals surface area (Å²) in [5.41, 5.74) is 0.776. The summed E-state index contributed by atoms with van der Waals surface area (Å²) < 4.78 is 59.6. The summed E-state index contributed by atoms with van der Waals surface area (Å²) in [4.78, 5) is -0.755. The maximum Gasteiger partial charge on any atom is 0.501 e. The van der Waals surface area contributed by atoms with Gasteiger partial charge in [0.25, 0.3) is 9.84 Å². The van der Waals surface area contributed by atoms with E-state index >= 15 is 0 Å². The third-order valence-corrected chi connectivity index (χ3v) is 4.72. The Labute approximate surface area is 122 Å². The minimum atomic E-state index is -5.28. The van der Waals surface area contributed by atoms with Crippen molar-refractivity contribution in [1.29, 1.82) is 0 Å². The third-order valence-electron chi connectivity index (χ3n) is 3.22. The highest BCUT2D eigenvalue weighted by molar-refractivity contribution is 7.92. The first kappa shape index (κ1) is 17.8. The zero-order valence-corrected chi connectivity index (χ0v) is 12.5. The average Bonchev–Trinajstić information content (AvgIpc) is 2.42. The molecule has 0 aromatic heterocycles. The molecule has 0 radical (unpaired) electrons. The number of sulfone groups is 1. The van der Waals surface area contributed by atoms with Crippen LogP contribution in [0.5, 0.6) is 0 Å². The van der Waals surface area contributed by atoms with E-state index in [-0.39, 0.29) is 0 Å². The second kappa shape index (κ2) is 7.13. The maximum absolute atomic E-state index is 12.4. The molecule has 0 amide bonds. The summed E-state index contributed by atoms with van der Waals surface area (Å²) in [5.74, 6) is 0.369. The molecule has 0 heterocycles. The number of hydrogen-bond donors (Lipinski definition) is 2. The Morgan fingerprint density at radius 3 is 2.24 bits per heavy atom. The second-order valence-electron chi connectivity index (χ2n) is 4.71. The molecule has 4 nitrogen and oxygen atoms in total. The normalized spacial score (nSPS) is 14.0. The smallest absolute Gasteiger partial charge is 0.385 e. The zero-order chi connectivity index (χ0) is 16.1. The third kappa shape index (κ3) is 4.60. The van der Waals surface area contributed by atoms with Crippen LogP contribution >= 0.6 is 0 Å². The molecule has 1 aromatic rings. The zero-order valence-electron chi connectivity index (χ0n) is 11.7. The van der Waals surface area contributed by atoms with Gasteiger partial charge >= 0.3 is 5.51 Å². The first-order valence-corrected chi connectivity index (χ1v) is 8.06. The molecule has 3 N–H and O–H groups in total. The minimum absolute atomic E-state index is 0.369. The summed E-state index contributed by atoms with van der Waals surface area (Å²) in [6.45, 7) is 3.24.